The molecular weight excluding hydrogens is 446 g/mol. The van der Waals surface area contributed by atoms with Crippen LogP contribution in [0.15, 0.2) is 48.5 Å². The minimum Gasteiger partial charge on any atom is -0.491 e. The van der Waals surface area contributed by atoms with Gasteiger partial charge < -0.3 is 28.6 Å². The second kappa shape index (κ2) is 7.57. The van der Waals surface area contributed by atoms with Crippen LogP contribution in [0.3, 0.4) is 0 Å². The highest BCUT2D eigenvalue weighted by Crippen LogP contribution is 2.57. The second-order valence-electron chi connectivity index (χ2n) is 9.33. The summed E-state index contributed by atoms with van der Waals surface area (Å²) in [5.74, 6) is 3.46. The Morgan fingerprint density at radius 2 is 1.60 bits per heavy atom. The summed E-state index contributed by atoms with van der Waals surface area (Å²) in [6.07, 6.45) is 3.10. The minimum atomic E-state index is -0.954. The summed E-state index contributed by atoms with van der Waals surface area (Å²) >= 11 is 0. The quantitative estimate of drug-likeness (QED) is 0.487. The molecule has 0 fully saturated rings. The Labute approximate surface area is 203 Å². The molecule has 35 heavy (non-hydrogen) atoms. The van der Waals surface area contributed by atoms with Gasteiger partial charge in [-0.3, -0.25) is 4.79 Å². The zero-order valence-electron chi connectivity index (χ0n) is 19.5. The molecule has 4 aliphatic rings. The summed E-state index contributed by atoms with van der Waals surface area (Å²) in [5, 5.41) is 0. The standard InChI is InChI=1S/C28H25NO6/c1-2-3-4-10-29-20-7-5-6-18(17-8-9-21-23(11-17)33-15-32-21)26(20)28(27(29)30)14-31-22-13-25-24(12-19(22)28)34-16-35-25/h5-9,11-13H,2-4,10,14-16H2,1H3. The Balaban J connectivity index is 1.44. The van der Waals surface area contributed by atoms with Gasteiger partial charge >= 0.3 is 0 Å². The van der Waals surface area contributed by atoms with Gasteiger partial charge in [-0.1, -0.05) is 38.0 Å². The van der Waals surface area contributed by atoms with Crippen molar-refractivity contribution in [2.24, 2.45) is 0 Å². The highest BCUT2D eigenvalue weighted by molar-refractivity contribution is 6.13. The third-order valence-electron chi connectivity index (χ3n) is 7.42. The lowest BCUT2D eigenvalue weighted by atomic mass is 9.74. The van der Waals surface area contributed by atoms with Crippen molar-refractivity contribution in [3.8, 4) is 39.9 Å². The van der Waals surface area contributed by atoms with Crippen molar-refractivity contribution in [2.45, 2.75) is 31.6 Å². The zero-order valence-corrected chi connectivity index (χ0v) is 19.5. The minimum absolute atomic E-state index is 0.0504. The highest BCUT2D eigenvalue weighted by atomic mass is 16.7. The Morgan fingerprint density at radius 3 is 2.43 bits per heavy atom. The number of ether oxygens (including phenoxy) is 5. The highest BCUT2D eigenvalue weighted by Gasteiger charge is 2.58. The molecule has 0 saturated heterocycles. The molecule has 0 aliphatic carbocycles. The van der Waals surface area contributed by atoms with Gasteiger partial charge in [-0.25, -0.2) is 0 Å². The maximum Gasteiger partial charge on any atom is 0.245 e. The maximum atomic E-state index is 14.3. The van der Waals surface area contributed by atoms with E-state index in [2.05, 4.69) is 19.1 Å². The smallest absolute Gasteiger partial charge is 0.245 e. The molecule has 0 saturated carbocycles. The molecule has 0 radical (unpaired) electrons. The van der Waals surface area contributed by atoms with E-state index in [-0.39, 0.29) is 26.1 Å². The van der Waals surface area contributed by atoms with Crippen LogP contribution in [0, 0.1) is 0 Å². The lowest BCUT2D eigenvalue weighted by Gasteiger charge is -2.24. The number of hydrogen-bond donors (Lipinski definition) is 0. The molecular formula is C28H25NO6. The fourth-order valence-corrected chi connectivity index (χ4v) is 5.73. The van der Waals surface area contributed by atoms with Gasteiger partial charge in [0.1, 0.15) is 17.8 Å². The third kappa shape index (κ3) is 2.81. The first-order valence-electron chi connectivity index (χ1n) is 12.1. The van der Waals surface area contributed by atoms with E-state index in [1.165, 1.54) is 0 Å². The predicted molar refractivity (Wildman–Crippen MR) is 129 cm³/mol. The molecule has 1 spiro atoms. The molecule has 0 aromatic heterocycles. The molecule has 0 bridgehead atoms. The van der Waals surface area contributed by atoms with E-state index in [4.69, 9.17) is 23.7 Å². The van der Waals surface area contributed by atoms with Gasteiger partial charge in [-0.05, 0) is 41.8 Å². The van der Waals surface area contributed by atoms with Crippen molar-refractivity contribution in [1.82, 2.24) is 0 Å². The number of benzene rings is 3. The van der Waals surface area contributed by atoms with E-state index < -0.39 is 5.41 Å². The molecule has 178 valence electrons. The van der Waals surface area contributed by atoms with Crippen LogP contribution in [0.4, 0.5) is 5.69 Å². The van der Waals surface area contributed by atoms with Crippen LogP contribution in [0.5, 0.6) is 28.7 Å². The molecule has 1 amide bonds. The average Bonchev–Trinajstić information content (AvgIpc) is 3.65. The van der Waals surface area contributed by atoms with Gasteiger partial charge in [0.15, 0.2) is 23.0 Å². The van der Waals surface area contributed by atoms with Gasteiger partial charge in [0, 0.05) is 29.4 Å². The first-order valence-corrected chi connectivity index (χ1v) is 12.1. The van der Waals surface area contributed by atoms with E-state index in [1.54, 1.807) is 0 Å². The van der Waals surface area contributed by atoms with E-state index >= 15 is 0 Å². The molecule has 3 aromatic carbocycles. The average molecular weight is 472 g/mol. The normalized spacial score (nSPS) is 20.4. The van der Waals surface area contributed by atoms with Crippen LogP contribution >= 0.6 is 0 Å². The summed E-state index contributed by atoms with van der Waals surface area (Å²) in [7, 11) is 0. The van der Waals surface area contributed by atoms with E-state index in [9.17, 15) is 4.79 Å². The lowest BCUT2D eigenvalue weighted by molar-refractivity contribution is -0.122. The van der Waals surface area contributed by atoms with Crippen molar-refractivity contribution in [2.75, 3.05) is 31.6 Å². The molecule has 1 atom stereocenters. The van der Waals surface area contributed by atoms with Crippen molar-refractivity contribution in [1.29, 1.82) is 0 Å². The van der Waals surface area contributed by atoms with Crippen LogP contribution in [0.25, 0.3) is 11.1 Å². The third-order valence-corrected chi connectivity index (χ3v) is 7.42. The molecule has 7 nitrogen and oxygen atoms in total. The summed E-state index contributed by atoms with van der Waals surface area (Å²) in [5.41, 5.74) is 3.75. The topological polar surface area (TPSA) is 66.5 Å². The summed E-state index contributed by atoms with van der Waals surface area (Å²) in [6, 6.07) is 15.9. The SMILES string of the molecule is CCCCCN1C(=O)C2(COc3cc4c(cc32)OCO4)c2c(-c3ccc4c(c3)OCO4)cccc21. The summed E-state index contributed by atoms with van der Waals surface area (Å²) < 4.78 is 28.6. The maximum absolute atomic E-state index is 14.3. The second-order valence-corrected chi connectivity index (χ2v) is 9.33. The predicted octanol–water partition coefficient (Wildman–Crippen LogP) is 5.03. The van der Waals surface area contributed by atoms with Gasteiger partial charge in [0.2, 0.25) is 19.5 Å². The Hall–Kier alpha value is -3.87. The van der Waals surface area contributed by atoms with Gasteiger partial charge in [-0.2, -0.15) is 0 Å². The Morgan fingerprint density at radius 1 is 0.829 bits per heavy atom. The van der Waals surface area contributed by atoms with Crippen LogP contribution in [-0.2, 0) is 10.2 Å². The monoisotopic (exact) mass is 471 g/mol. The number of rotatable bonds is 5. The van der Waals surface area contributed by atoms with Crippen molar-refractivity contribution in [3.63, 3.8) is 0 Å². The number of carbonyl (C=O) groups excluding carboxylic acids is 1. The molecule has 0 N–H and O–H groups in total. The number of amides is 1. The molecule has 7 rings (SSSR count). The van der Waals surface area contributed by atoms with E-state index in [0.29, 0.717) is 29.5 Å². The van der Waals surface area contributed by atoms with Crippen LogP contribution in [0.2, 0.25) is 0 Å². The number of anilines is 1. The summed E-state index contributed by atoms with van der Waals surface area (Å²) in [4.78, 5) is 16.3. The van der Waals surface area contributed by atoms with Crippen molar-refractivity contribution >= 4 is 11.6 Å². The van der Waals surface area contributed by atoms with Crippen LogP contribution in [-0.4, -0.2) is 32.6 Å². The number of unbranched alkanes of at least 4 members (excludes halogenated alkanes) is 2. The molecule has 7 heteroatoms. The van der Waals surface area contributed by atoms with Crippen LogP contribution < -0.4 is 28.6 Å². The van der Waals surface area contributed by atoms with E-state index in [1.807, 2.05) is 41.3 Å². The molecule has 4 heterocycles. The van der Waals surface area contributed by atoms with Gasteiger partial charge in [0.05, 0.1) is 0 Å². The van der Waals surface area contributed by atoms with Crippen molar-refractivity contribution < 1.29 is 28.5 Å². The van der Waals surface area contributed by atoms with Crippen LogP contribution in [0.1, 0.15) is 37.3 Å². The Kier molecular flexibility index (Phi) is 4.43. The van der Waals surface area contributed by atoms with Crippen molar-refractivity contribution in [3.05, 3.63) is 59.7 Å². The molecule has 3 aromatic rings. The zero-order chi connectivity index (χ0) is 23.6. The first-order chi connectivity index (χ1) is 17.2. The van der Waals surface area contributed by atoms with Gasteiger partial charge in [-0.15, -0.1) is 0 Å². The fraction of sp³-hybridized carbons (Fsp3) is 0.321. The molecule has 1 unspecified atom stereocenters. The first kappa shape index (κ1) is 20.5. The Bertz CT molecular complexity index is 1370. The number of nitrogens with zero attached hydrogens (tertiary/aromatic N) is 1. The summed E-state index contributed by atoms with van der Waals surface area (Å²) in [6.45, 7) is 3.46. The van der Waals surface area contributed by atoms with Gasteiger partial charge in [0.25, 0.3) is 0 Å². The fourth-order valence-electron chi connectivity index (χ4n) is 5.73. The number of hydrogen-bond acceptors (Lipinski definition) is 6. The number of fused-ring (bicyclic) bond motifs is 6. The number of carbonyl (C=O) groups is 1. The largest absolute Gasteiger partial charge is 0.491 e. The van der Waals surface area contributed by atoms with E-state index in [0.717, 1.165) is 53.0 Å². The lowest BCUT2D eigenvalue weighted by Crippen LogP contribution is -2.43. The molecule has 4 aliphatic heterocycles.